The van der Waals surface area contributed by atoms with Gasteiger partial charge in [0.25, 0.3) is 10.0 Å². The number of rotatable bonds is 5. The summed E-state index contributed by atoms with van der Waals surface area (Å²) in [4.78, 5) is 3.98. The number of halogens is 2. The van der Waals surface area contributed by atoms with E-state index in [1.54, 1.807) is 31.4 Å². The molecular weight excluding hydrogens is 361 g/mol. The van der Waals surface area contributed by atoms with E-state index in [1.807, 2.05) is 0 Å². The van der Waals surface area contributed by atoms with E-state index in [9.17, 15) is 8.42 Å². The Morgan fingerprint density at radius 2 is 1.96 bits per heavy atom. The molecule has 0 saturated heterocycles. The summed E-state index contributed by atoms with van der Waals surface area (Å²) in [5, 5.41) is 0. The van der Waals surface area contributed by atoms with Gasteiger partial charge in [0.2, 0.25) is 0 Å². The van der Waals surface area contributed by atoms with E-state index in [0.717, 1.165) is 0 Å². The summed E-state index contributed by atoms with van der Waals surface area (Å²) in [5.41, 5.74) is 6.91. The molecule has 0 aliphatic carbocycles. The number of nitrogens with zero attached hydrogens (tertiary/aromatic N) is 2. The van der Waals surface area contributed by atoms with E-state index in [-0.39, 0.29) is 36.3 Å². The average Bonchev–Trinajstić information content (AvgIpc) is 2.54. The molecule has 1 aromatic heterocycles. The molecule has 0 saturated carbocycles. The van der Waals surface area contributed by atoms with Gasteiger partial charge in [0.15, 0.2) is 0 Å². The predicted molar refractivity (Wildman–Crippen MR) is 95.2 cm³/mol. The maximum atomic E-state index is 12.6. The molecule has 0 spiro atoms. The molecule has 0 unspecified atom stereocenters. The number of ether oxygens (including phenoxy) is 1. The molecule has 1 heterocycles. The van der Waals surface area contributed by atoms with Gasteiger partial charge in [-0.15, -0.1) is 24.8 Å². The van der Waals surface area contributed by atoms with Crippen LogP contribution in [-0.2, 0) is 16.6 Å². The van der Waals surface area contributed by atoms with Crippen LogP contribution >= 0.6 is 24.8 Å². The van der Waals surface area contributed by atoms with Gasteiger partial charge >= 0.3 is 0 Å². The molecule has 2 N–H and O–H groups in total. The molecule has 0 atom stereocenters. The van der Waals surface area contributed by atoms with Gasteiger partial charge in [0.1, 0.15) is 10.6 Å². The van der Waals surface area contributed by atoms with Gasteiger partial charge in [-0.25, -0.2) is 8.42 Å². The SMILES string of the molecule is COc1ccc(N(C)S(=O)(=O)c2cccnc2)c(CN)c1.Cl.Cl. The number of pyridine rings is 1. The average molecular weight is 380 g/mol. The first-order valence-electron chi connectivity index (χ1n) is 6.26. The van der Waals surface area contributed by atoms with Crippen molar-refractivity contribution in [1.29, 1.82) is 0 Å². The van der Waals surface area contributed by atoms with Crippen LogP contribution in [0.5, 0.6) is 5.75 Å². The molecule has 0 aliphatic rings. The van der Waals surface area contributed by atoms with Gasteiger partial charge in [-0.05, 0) is 35.9 Å². The van der Waals surface area contributed by atoms with Gasteiger partial charge < -0.3 is 10.5 Å². The van der Waals surface area contributed by atoms with Crippen molar-refractivity contribution < 1.29 is 13.2 Å². The molecular formula is C14H19Cl2N3O3S. The highest BCUT2D eigenvalue weighted by atomic mass is 35.5. The van der Waals surface area contributed by atoms with Crippen LogP contribution in [0.2, 0.25) is 0 Å². The van der Waals surface area contributed by atoms with E-state index in [2.05, 4.69) is 4.98 Å². The lowest BCUT2D eigenvalue weighted by molar-refractivity contribution is 0.414. The molecule has 0 fully saturated rings. The van der Waals surface area contributed by atoms with Crippen LogP contribution in [0.4, 0.5) is 5.69 Å². The number of aromatic nitrogens is 1. The molecule has 9 heteroatoms. The molecule has 128 valence electrons. The quantitative estimate of drug-likeness (QED) is 0.860. The molecule has 23 heavy (non-hydrogen) atoms. The Morgan fingerprint density at radius 1 is 1.26 bits per heavy atom. The first kappa shape index (κ1) is 21.5. The zero-order chi connectivity index (χ0) is 15.5. The third-order valence-corrected chi connectivity index (χ3v) is 4.89. The molecule has 0 bridgehead atoms. The Bertz CT molecular complexity index is 727. The number of anilines is 1. The van der Waals surface area contributed by atoms with Crippen molar-refractivity contribution in [3.8, 4) is 5.75 Å². The van der Waals surface area contributed by atoms with Crippen molar-refractivity contribution in [3.63, 3.8) is 0 Å². The Hall–Kier alpha value is -1.54. The highest BCUT2D eigenvalue weighted by Gasteiger charge is 2.23. The Labute approximate surface area is 148 Å². The highest BCUT2D eigenvalue weighted by molar-refractivity contribution is 7.92. The van der Waals surface area contributed by atoms with Crippen LogP contribution < -0.4 is 14.8 Å². The number of sulfonamides is 1. The molecule has 0 amide bonds. The summed E-state index contributed by atoms with van der Waals surface area (Å²) < 4.78 is 31.5. The van der Waals surface area contributed by atoms with Crippen LogP contribution in [0.3, 0.4) is 0 Å². The van der Waals surface area contributed by atoms with Gasteiger partial charge in [0, 0.05) is 26.0 Å². The fourth-order valence-electron chi connectivity index (χ4n) is 1.95. The summed E-state index contributed by atoms with van der Waals surface area (Å²) in [5.74, 6) is 0.631. The largest absolute Gasteiger partial charge is 0.497 e. The van der Waals surface area contributed by atoms with Crippen LogP contribution in [0, 0.1) is 0 Å². The Balaban J connectivity index is 0.00000242. The Morgan fingerprint density at radius 3 is 2.48 bits per heavy atom. The van der Waals surface area contributed by atoms with Crippen molar-refractivity contribution in [2.75, 3.05) is 18.5 Å². The third kappa shape index (κ3) is 4.48. The van der Waals surface area contributed by atoms with Crippen molar-refractivity contribution in [2.45, 2.75) is 11.4 Å². The van der Waals surface area contributed by atoms with Gasteiger partial charge in [0.05, 0.1) is 12.8 Å². The fourth-order valence-corrected chi connectivity index (χ4v) is 3.14. The van der Waals surface area contributed by atoms with E-state index < -0.39 is 10.0 Å². The van der Waals surface area contributed by atoms with Crippen molar-refractivity contribution >= 4 is 40.5 Å². The fraction of sp³-hybridized carbons (Fsp3) is 0.214. The summed E-state index contributed by atoms with van der Waals surface area (Å²) in [7, 11) is -0.633. The zero-order valence-electron chi connectivity index (χ0n) is 12.7. The van der Waals surface area contributed by atoms with Gasteiger partial charge in [-0.1, -0.05) is 0 Å². The minimum atomic E-state index is -3.67. The smallest absolute Gasteiger partial charge is 0.265 e. The number of methoxy groups -OCH3 is 1. The summed E-state index contributed by atoms with van der Waals surface area (Å²) in [6.07, 6.45) is 2.84. The molecule has 0 aliphatic heterocycles. The normalized spacial score (nSPS) is 10.2. The topological polar surface area (TPSA) is 85.5 Å². The third-order valence-electron chi connectivity index (χ3n) is 3.14. The number of hydrogen-bond donors (Lipinski definition) is 1. The maximum Gasteiger partial charge on any atom is 0.265 e. The second-order valence-corrected chi connectivity index (χ2v) is 6.33. The molecule has 1 aromatic carbocycles. The number of benzene rings is 1. The van der Waals surface area contributed by atoms with Gasteiger partial charge in [-0.3, -0.25) is 9.29 Å². The molecule has 0 radical (unpaired) electrons. The van der Waals surface area contributed by atoms with E-state index in [1.165, 1.54) is 29.8 Å². The summed E-state index contributed by atoms with van der Waals surface area (Å²) in [6, 6.07) is 8.19. The maximum absolute atomic E-state index is 12.6. The van der Waals surface area contributed by atoms with Crippen LogP contribution in [0.1, 0.15) is 5.56 Å². The monoisotopic (exact) mass is 379 g/mol. The lowest BCUT2D eigenvalue weighted by Gasteiger charge is -2.22. The zero-order valence-corrected chi connectivity index (χ0v) is 15.1. The van der Waals surface area contributed by atoms with Crippen molar-refractivity contribution in [1.82, 2.24) is 4.98 Å². The first-order chi connectivity index (χ1) is 10.0. The molecule has 2 aromatic rings. The molecule has 6 nitrogen and oxygen atoms in total. The van der Waals surface area contributed by atoms with E-state index >= 15 is 0 Å². The van der Waals surface area contributed by atoms with E-state index in [0.29, 0.717) is 17.0 Å². The second-order valence-electron chi connectivity index (χ2n) is 4.36. The lowest BCUT2D eigenvalue weighted by Crippen LogP contribution is -2.28. The highest BCUT2D eigenvalue weighted by Crippen LogP contribution is 2.28. The standard InChI is InChI=1S/C14H17N3O3S.2ClH/c1-17(21(18,19)13-4-3-7-16-10-13)14-6-5-12(20-2)8-11(14)9-15;;/h3-8,10H,9,15H2,1-2H3;2*1H. The van der Waals surface area contributed by atoms with Crippen molar-refractivity contribution in [3.05, 3.63) is 48.3 Å². The van der Waals surface area contributed by atoms with E-state index in [4.69, 9.17) is 10.5 Å². The first-order valence-corrected chi connectivity index (χ1v) is 7.70. The number of hydrogen-bond acceptors (Lipinski definition) is 5. The minimum absolute atomic E-state index is 0. The van der Waals surface area contributed by atoms with Gasteiger partial charge in [-0.2, -0.15) is 0 Å². The minimum Gasteiger partial charge on any atom is -0.497 e. The number of nitrogens with two attached hydrogens (primary N) is 1. The van der Waals surface area contributed by atoms with Crippen molar-refractivity contribution in [2.24, 2.45) is 5.73 Å². The Kier molecular flexibility index (Phi) is 8.33. The van der Waals surface area contributed by atoms with Crippen LogP contribution in [0.25, 0.3) is 0 Å². The summed E-state index contributed by atoms with van der Waals surface area (Å²) >= 11 is 0. The van der Waals surface area contributed by atoms with Crippen LogP contribution in [0.15, 0.2) is 47.6 Å². The lowest BCUT2D eigenvalue weighted by atomic mass is 10.1. The van der Waals surface area contributed by atoms with Crippen LogP contribution in [-0.4, -0.2) is 27.6 Å². The second kappa shape index (κ2) is 8.93. The summed E-state index contributed by atoms with van der Waals surface area (Å²) in [6.45, 7) is 0.208. The molecule has 2 rings (SSSR count). The predicted octanol–water partition coefficient (Wildman–Crippen LogP) is 2.22.